The Labute approximate surface area is 196 Å². The Morgan fingerprint density at radius 2 is 2.19 bits per heavy atom. The van der Waals surface area contributed by atoms with E-state index in [1.54, 1.807) is 34.9 Å². The van der Waals surface area contributed by atoms with Crippen molar-refractivity contribution in [3.05, 3.63) is 47.4 Å². The highest BCUT2D eigenvalue weighted by atomic mass is 32.2. The molecule has 1 aliphatic carbocycles. The topological polar surface area (TPSA) is 63.6 Å². The van der Waals surface area contributed by atoms with Crippen molar-refractivity contribution in [2.45, 2.75) is 43.5 Å². The van der Waals surface area contributed by atoms with Gasteiger partial charge in [-0.2, -0.15) is 11.8 Å². The smallest absolute Gasteiger partial charge is 0.315 e. The van der Waals surface area contributed by atoms with Gasteiger partial charge in [-0.05, 0) is 60.6 Å². The number of fused-ring (bicyclic) bond motifs is 1. The van der Waals surface area contributed by atoms with Crippen LogP contribution in [0, 0.1) is 5.92 Å². The molecule has 0 spiro atoms. The van der Waals surface area contributed by atoms with E-state index in [0.29, 0.717) is 24.4 Å². The summed E-state index contributed by atoms with van der Waals surface area (Å²) in [7, 11) is 1.40. The third kappa shape index (κ3) is 7.67. The Morgan fingerprint density at radius 1 is 1.35 bits per heavy atom. The van der Waals surface area contributed by atoms with Gasteiger partial charge in [0.1, 0.15) is 5.78 Å². The molecule has 1 fully saturated rings. The fourth-order valence-corrected chi connectivity index (χ4v) is 7.04. The van der Waals surface area contributed by atoms with Crippen LogP contribution < -0.4 is 0 Å². The summed E-state index contributed by atoms with van der Waals surface area (Å²) in [6.07, 6.45) is 7.47. The second-order valence-electron chi connectivity index (χ2n) is 7.68. The molecule has 3 atom stereocenters. The Kier molecular flexibility index (Phi) is 9.96. The number of esters is 1. The van der Waals surface area contributed by atoms with Crippen molar-refractivity contribution in [2.24, 2.45) is 5.92 Å². The van der Waals surface area contributed by atoms with E-state index in [1.807, 2.05) is 6.08 Å². The van der Waals surface area contributed by atoms with Gasteiger partial charge in [0.2, 0.25) is 0 Å². The lowest BCUT2D eigenvalue weighted by atomic mass is 10.0. The van der Waals surface area contributed by atoms with Crippen molar-refractivity contribution in [1.29, 1.82) is 0 Å². The van der Waals surface area contributed by atoms with Gasteiger partial charge in [0, 0.05) is 16.0 Å². The summed E-state index contributed by atoms with van der Waals surface area (Å²) in [6.45, 7) is 0. The first kappa shape index (κ1) is 24.4. The minimum atomic E-state index is -0.485. The van der Waals surface area contributed by atoms with Crippen LogP contribution in [0.3, 0.4) is 0 Å². The number of aliphatic hydroxyl groups is 1. The number of aliphatic hydroxyl groups excluding tert-OH is 1. The molecule has 0 radical (unpaired) electrons. The van der Waals surface area contributed by atoms with Gasteiger partial charge in [-0.15, -0.1) is 23.1 Å². The quantitative estimate of drug-likeness (QED) is 0.259. The summed E-state index contributed by atoms with van der Waals surface area (Å²) >= 11 is 5.08. The highest BCUT2D eigenvalue weighted by Gasteiger charge is 2.33. The number of benzene rings is 1. The van der Waals surface area contributed by atoms with E-state index in [1.165, 1.54) is 22.1 Å². The van der Waals surface area contributed by atoms with Gasteiger partial charge in [0.15, 0.2) is 0 Å². The highest BCUT2D eigenvalue weighted by Crippen LogP contribution is 2.34. The fraction of sp³-hybridized carbons (Fsp3) is 0.500. The number of thioether (sulfide) groups is 2. The van der Waals surface area contributed by atoms with Gasteiger partial charge in [0.25, 0.3) is 0 Å². The largest absolute Gasteiger partial charge is 0.468 e. The standard InChI is InChI=1S/C24H30O4S3/c1-28-23(27)16-29-13-4-14-30-24-17(8-12-21(24)26)7-9-19(25)10-11-20-15-18-5-2-3-6-22(18)31-20/h2-3,5-7,9,15,17,19,24-25H,4,8,10-14,16H2,1H3/b9-7+/t17-,19+,24+/m0/s1. The first-order valence-electron chi connectivity index (χ1n) is 10.7. The number of hydrogen-bond donors (Lipinski definition) is 1. The van der Waals surface area contributed by atoms with Crippen molar-refractivity contribution >= 4 is 56.7 Å². The molecule has 7 heteroatoms. The van der Waals surface area contributed by atoms with Crippen molar-refractivity contribution in [1.82, 2.24) is 0 Å². The predicted molar refractivity (Wildman–Crippen MR) is 133 cm³/mol. The van der Waals surface area contributed by atoms with E-state index in [4.69, 9.17) is 0 Å². The normalized spacial score (nSPS) is 20.0. The van der Waals surface area contributed by atoms with E-state index in [2.05, 4.69) is 41.1 Å². The van der Waals surface area contributed by atoms with E-state index in [0.717, 1.165) is 30.8 Å². The summed E-state index contributed by atoms with van der Waals surface area (Å²) in [5.74, 6) is 2.51. The molecule has 0 amide bonds. The monoisotopic (exact) mass is 478 g/mol. The predicted octanol–water partition coefficient (Wildman–Crippen LogP) is 5.13. The first-order chi connectivity index (χ1) is 15.1. The number of methoxy groups -OCH3 is 1. The Hall–Kier alpha value is -1.28. The number of rotatable bonds is 12. The molecule has 1 aliphatic rings. The summed E-state index contributed by atoms with van der Waals surface area (Å²) in [5, 5.41) is 11.7. The average molecular weight is 479 g/mol. The molecule has 4 nitrogen and oxygen atoms in total. The van der Waals surface area contributed by atoms with E-state index >= 15 is 0 Å². The molecule has 168 valence electrons. The van der Waals surface area contributed by atoms with E-state index < -0.39 is 6.10 Å². The molecule has 1 aromatic carbocycles. The second-order valence-corrected chi connectivity index (χ2v) is 11.2. The van der Waals surface area contributed by atoms with Crippen LogP contribution in [-0.2, 0) is 20.7 Å². The maximum atomic E-state index is 12.3. The van der Waals surface area contributed by atoms with Gasteiger partial charge in [-0.3, -0.25) is 9.59 Å². The SMILES string of the molecule is COC(=O)CSCCCS[C@H]1C(=O)CC[C@@H]1/C=C/[C@@H](O)CCc1cc2ccccc2s1. The third-order valence-electron chi connectivity index (χ3n) is 5.35. The number of carbonyl (C=O) groups is 2. The van der Waals surface area contributed by atoms with E-state index in [9.17, 15) is 14.7 Å². The van der Waals surface area contributed by atoms with Crippen LogP contribution in [0.4, 0.5) is 0 Å². The van der Waals surface area contributed by atoms with E-state index in [-0.39, 0.29) is 17.1 Å². The molecule has 0 unspecified atom stereocenters. The number of ketones is 1. The minimum Gasteiger partial charge on any atom is -0.468 e. The molecular formula is C24H30O4S3. The maximum Gasteiger partial charge on any atom is 0.315 e. The number of Topliss-reactive ketones (excluding diaryl/α,β-unsaturated/α-hetero) is 1. The van der Waals surface area contributed by atoms with Crippen molar-refractivity contribution in [3.63, 3.8) is 0 Å². The summed E-state index contributed by atoms with van der Waals surface area (Å²) < 4.78 is 5.92. The molecule has 31 heavy (non-hydrogen) atoms. The molecule has 1 heterocycles. The number of thiophene rings is 1. The van der Waals surface area contributed by atoms with Gasteiger partial charge < -0.3 is 9.84 Å². The van der Waals surface area contributed by atoms with Crippen LogP contribution in [0.2, 0.25) is 0 Å². The lowest BCUT2D eigenvalue weighted by Crippen LogP contribution is -2.17. The molecule has 1 aromatic heterocycles. The Bertz CT molecular complexity index is 859. The summed E-state index contributed by atoms with van der Waals surface area (Å²) in [6, 6.07) is 10.6. The zero-order valence-electron chi connectivity index (χ0n) is 17.8. The van der Waals surface area contributed by atoms with Crippen molar-refractivity contribution in [3.8, 4) is 0 Å². The Balaban J connectivity index is 1.39. The minimum absolute atomic E-state index is 0.00310. The second kappa shape index (κ2) is 12.7. The zero-order valence-corrected chi connectivity index (χ0v) is 20.3. The lowest BCUT2D eigenvalue weighted by Gasteiger charge is -2.15. The van der Waals surface area contributed by atoms with Crippen molar-refractivity contribution < 1.29 is 19.4 Å². The molecule has 0 saturated heterocycles. The van der Waals surface area contributed by atoms with Gasteiger partial charge in [-0.25, -0.2) is 0 Å². The molecular weight excluding hydrogens is 448 g/mol. The molecule has 0 aliphatic heterocycles. The van der Waals surface area contributed by atoms with Crippen LogP contribution in [0.1, 0.15) is 30.6 Å². The summed E-state index contributed by atoms with van der Waals surface area (Å²) in [4.78, 5) is 24.7. The van der Waals surface area contributed by atoms with Crippen LogP contribution in [0.5, 0.6) is 0 Å². The number of allylic oxidation sites excluding steroid dienone is 1. The molecule has 0 bridgehead atoms. The fourth-order valence-electron chi connectivity index (χ4n) is 3.66. The van der Waals surface area contributed by atoms with Crippen LogP contribution in [0.25, 0.3) is 10.1 Å². The maximum absolute atomic E-state index is 12.3. The highest BCUT2D eigenvalue weighted by molar-refractivity contribution is 8.01. The van der Waals surface area contributed by atoms with Gasteiger partial charge >= 0.3 is 5.97 Å². The van der Waals surface area contributed by atoms with Gasteiger partial charge in [0.05, 0.1) is 24.2 Å². The summed E-state index contributed by atoms with van der Waals surface area (Å²) in [5.41, 5.74) is 0. The first-order valence-corrected chi connectivity index (χ1v) is 13.7. The third-order valence-corrected chi connectivity index (χ3v) is 9.04. The van der Waals surface area contributed by atoms with Crippen LogP contribution in [0.15, 0.2) is 42.5 Å². The molecule has 3 rings (SSSR count). The number of ether oxygens (including phenoxy) is 1. The number of hydrogen-bond acceptors (Lipinski definition) is 7. The number of aryl methyl sites for hydroxylation is 1. The molecule has 1 N–H and O–H groups in total. The molecule has 1 saturated carbocycles. The zero-order chi connectivity index (χ0) is 22.1. The Morgan fingerprint density at radius 3 is 3.00 bits per heavy atom. The number of carbonyl (C=O) groups excluding carboxylic acids is 2. The van der Waals surface area contributed by atoms with Gasteiger partial charge in [-0.1, -0.05) is 30.4 Å². The average Bonchev–Trinajstić information content (AvgIpc) is 3.35. The lowest BCUT2D eigenvalue weighted by molar-refractivity contribution is -0.137. The van der Waals surface area contributed by atoms with Crippen molar-refractivity contribution in [2.75, 3.05) is 24.4 Å². The van der Waals surface area contributed by atoms with Crippen LogP contribution in [-0.4, -0.2) is 52.6 Å². The molecule has 2 aromatic rings. The van der Waals surface area contributed by atoms with Crippen LogP contribution >= 0.6 is 34.9 Å².